The van der Waals surface area contributed by atoms with Gasteiger partial charge in [-0.25, -0.2) is 4.99 Å². The Hall–Kier alpha value is -1.91. The van der Waals surface area contributed by atoms with Gasteiger partial charge in [-0.3, -0.25) is 0 Å². The second-order valence-electron chi connectivity index (χ2n) is 5.37. The van der Waals surface area contributed by atoms with Gasteiger partial charge in [0.05, 0.1) is 13.7 Å². The first-order valence-corrected chi connectivity index (χ1v) is 7.38. The summed E-state index contributed by atoms with van der Waals surface area (Å²) < 4.78 is 5.17. The molecule has 0 aromatic heterocycles. The van der Waals surface area contributed by atoms with Gasteiger partial charge in [0, 0.05) is 18.2 Å². The van der Waals surface area contributed by atoms with Crippen molar-refractivity contribution in [1.82, 2.24) is 10.6 Å². The van der Waals surface area contributed by atoms with Crippen molar-refractivity contribution in [3.63, 3.8) is 0 Å². The van der Waals surface area contributed by atoms with Crippen molar-refractivity contribution in [3.05, 3.63) is 23.8 Å². The van der Waals surface area contributed by atoms with Crippen molar-refractivity contribution in [2.45, 2.75) is 40.3 Å². The number of hydrogen-bond donors (Lipinski definition) is 3. The molecule has 0 fully saturated rings. The molecule has 118 valence electrons. The molecule has 5 nitrogen and oxygen atoms in total. The third kappa shape index (κ3) is 5.53. The van der Waals surface area contributed by atoms with E-state index in [2.05, 4.69) is 36.4 Å². The molecule has 0 bridgehead atoms. The van der Waals surface area contributed by atoms with Gasteiger partial charge in [0.1, 0.15) is 11.5 Å². The van der Waals surface area contributed by atoms with E-state index in [4.69, 9.17) is 4.74 Å². The molecule has 0 saturated carbocycles. The molecule has 1 aromatic carbocycles. The predicted octanol–water partition coefficient (Wildman–Crippen LogP) is 2.50. The zero-order valence-corrected chi connectivity index (χ0v) is 13.6. The minimum absolute atomic E-state index is 0.229. The lowest BCUT2D eigenvalue weighted by atomic mass is 10.1. The number of aromatic hydroxyl groups is 1. The summed E-state index contributed by atoms with van der Waals surface area (Å²) in [4.78, 5) is 4.52. The molecular weight excluding hydrogens is 266 g/mol. The van der Waals surface area contributed by atoms with Gasteiger partial charge >= 0.3 is 0 Å². The minimum atomic E-state index is 0.229. The number of benzene rings is 1. The third-order valence-corrected chi connectivity index (χ3v) is 3.40. The fourth-order valence-corrected chi connectivity index (χ4v) is 1.68. The normalized spacial score (nSPS) is 13.1. The summed E-state index contributed by atoms with van der Waals surface area (Å²) in [6.07, 6.45) is 0. The highest BCUT2D eigenvalue weighted by atomic mass is 16.5. The van der Waals surface area contributed by atoms with Crippen LogP contribution >= 0.6 is 0 Å². The number of aliphatic imine (C=N–C) groups is 1. The molecule has 1 atom stereocenters. The highest BCUT2D eigenvalue weighted by Gasteiger charge is 2.09. The molecule has 1 rings (SSSR count). The first kappa shape index (κ1) is 17.1. The largest absolute Gasteiger partial charge is 0.508 e. The number of phenolic OH excluding ortho intramolecular Hbond substituents is 1. The Balaban J connectivity index is 2.82. The van der Waals surface area contributed by atoms with Crippen LogP contribution in [0.3, 0.4) is 0 Å². The van der Waals surface area contributed by atoms with Crippen molar-refractivity contribution in [3.8, 4) is 11.5 Å². The molecule has 21 heavy (non-hydrogen) atoms. The number of guanidine groups is 1. The first-order valence-electron chi connectivity index (χ1n) is 7.38. The van der Waals surface area contributed by atoms with Crippen LogP contribution in [-0.2, 0) is 6.54 Å². The zero-order chi connectivity index (χ0) is 15.8. The lowest BCUT2D eigenvalue weighted by Gasteiger charge is -2.20. The van der Waals surface area contributed by atoms with Crippen LogP contribution in [0, 0.1) is 5.92 Å². The highest BCUT2D eigenvalue weighted by molar-refractivity contribution is 5.80. The fourth-order valence-electron chi connectivity index (χ4n) is 1.68. The molecule has 0 radical (unpaired) electrons. The monoisotopic (exact) mass is 293 g/mol. The van der Waals surface area contributed by atoms with Crippen LogP contribution in [0.1, 0.15) is 33.3 Å². The van der Waals surface area contributed by atoms with Crippen LogP contribution in [0.2, 0.25) is 0 Å². The molecule has 0 saturated heterocycles. The van der Waals surface area contributed by atoms with Crippen LogP contribution in [0.25, 0.3) is 0 Å². The van der Waals surface area contributed by atoms with Gasteiger partial charge in [-0.15, -0.1) is 0 Å². The van der Waals surface area contributed by atoms with E-state index in [0.29, 0.717) is 24.3 Å². The Bertz CT molecular complexity index is 473. The quantitative estimate of drug-likeness (QED) is 0.557. The number of ether oxygens (including phenoxy) is 1. The summed E-state index contributed by atoms with van der Waals surface area (Å²) in [5.74, 6) is 2.21. The first-order chi connectivity index (χ1) is 9.97. The molecule has 5 heteroatoms. The predicted molar refractivity (Wildman–Crippen MR) is 86.9 cm³/mol. The molecule has 0 aliphatic rings. The van der Waals surface area contributed by atoms with E-state index >= 15 is 0 Å². The van der Waals surface area contributed by atoms with E-state index in [1.807, 2.05) is 6.92 Å². The Morgan fingerprint density at radius 2 is 2.05 bits per heavy atom. The van der Waals surface area contributed by atoms with E-state index in [9.17, 15) is 5.11 Å². The number of methoxy groups -OCH3 is 1. The van der Waals surface area contributed by atoms with E-state index in [1.165, 1.54) is 0 Å². The Morgan fingerprint density at radius 3 is 2.62 bits per heavy atom. The van der Waals surface area contributed by atoms with Gasteiger partial charge in [0.2, 0.25) is 0 Å². The molecule has 0 heterocycles. The van der Waals surface area contributed by atoms with Crippen molar-refractivity contribution in [2.24, 2.45) is 10.9 Å². The van der Waals surface area contributed by atoms with Crippen LogP contribution in [-0.4, -0.2) is 30.8 Å². The summed E-state index contributed by atoms with van der Waals surface area (Å²) in [6.45, 7) is 9.66. The lowest BCUT2D eigenvalue weighted by Crippen LogP contribution is -2.44. The second kappa shape index (κ2) is 8.39. The molecule has 0 aliphatic carbocycles. The molecule has 1 unspecified atom stereocenters. The van der Waals surface area contributed by atoms with Gasteiger partial charge in [-0.2, -0.15) is 0 Å². The summed E-state index contributed by atoms with van der Waals surface area (Å²) in [5.41, 5.74) is 0.740. The van der Waals surface area contributed by atoms with Gasteiger partial charge in [0.15, 0.2) is 5.96 Å². The van der Waals surface area contributed by atoms with E-state index in [1.54, 1.807) is 25.3 Å². The number of rotatable bonds is 6. The summed E-state index contributed by atoms with van der Waals surface area (Å²) in [5, 5.41) is 16.5. The maximum Gasteiger partial charge on any atom is 0.191 e. The van der Waals surface area contributed by atoms with Gasteiger partial charge in [-0.05, 0) is 38.0 Å². The number of nitrogens with one attached hydrogen (secondary N) is 2. The number of nitrogens with zero attached hydrogens (tertiary/aromatic N) is 1. The Kier molecular flexibility index (Phi) is 6.85. The van der Waals surface area contributed by atoms with Crippen molar-refractivity contribution < 1.29 is 9.84 Å². The van der Waals surface area contributed by atoms with Crippen LogP contribution in [0.5, 0.6) is 11.5 Å². The van der Waals surface area contributed by atoms with Crippen LogP contribution in [0.4, 0.5) is 0 Å². The molecule has 1 aromatic rings. The smallest absolute Gasteiger partial charge is 0.191 e. The third-order valence-electron chi connectivity index (χ3n) is 3.40. The molecule has 0 spiro atoms. The summed E-state index contributed by atoms with van der Waals surface area (Å²) in [7, 11) is 1.61. The average molecular weight is 293 g/mol. The Labute approximate surface area is 127 Å². The molecule has 0 aliphatic heterocycles. The van der Waals surface area contributed by atoms with E-state index < -0.39 is 0 Å². The summed E-state index contributed by atoms with van der Waals surface area (Å²) >= 11 is 0. The van der Waals surface area contributed by atoms with Crippen LogP contribution in [0.15, 0.2) is 23.2 Å². The van der Waals surface area contributed by atoms with Crippen molar-refractivity contribution in [2.75, 3.05) is 13.7 Å². The minimum Gasteiger partial charge on any atom is -0.508 e. The Morgan fingerprint density at radius 1 is 1.33 bits per heavy atom. The van der Waals surface area contributed by atoms with Gasteiger partial charge in [0.25, 0.3) is 0 Å². The van der Waals surface area contributed by atoms with Crippen LogP contribution < -0.4 is 15.4 Å². The van der Waals surface area contributed by atoms with Gasteiger partial charge < -0.3 is 20.5 Å². The molecule has 3 N–H and O–H groups in total. The lowest BCUT2D eigenvalue weighted by molar-refractivity contribution is 0.411. The maximum absolute atomic E-state index is 9.88. The fraction of sp³-hybridized carbons (Fsp3) is 0.562. The molecule has 0 amide bonds. The number of hydrogen-bond acceptors (Lipinski definition) is 3. The number of phenols is 1. The topological polar surface area (TPSA) is 65.9 Å². The second-order valence-corrected chi connectivity index (χ2v) is 5.37. The highest BCUT2D eigenvalue weighted by Crippen LogP contribution is 2.23. The van der Waals surface area contributed by atoms with E-state index in [-0.39, 0.29) is 5.75 Å². The van der Waals surface area contributed by atoms with Crippen molar-refractivity contribution in [1.29, 1.82) is 0 Å². The van der Waals surface area contributed by atoms with Gasteiger partial charge in [-0.1, -0.05) is 13.8 Å². The maximum atomic E-state index is 9.88. The zero-order valence-electron chi connectivity index (χ0n) is 13.6. The standard InChI is InChI=1S/C16H27N3O2/c1-6-17-16(19-12(4)11(2)3)18-10-13-9-14(21-5)7-8-15(13)20/h7-9,11-12,20H,6,10H2,1-5H3,(H2,17,18,19). The SMILES string of the molecule is CCNC(=NCc1cc(OC)ccc1O)NC(C)C(C)C. The molecular formula is C16H27N3O2. The van der Waals surface area contributed by atoms with E-state index in [0.717, 1.165) is 18.1 Å². The average Bonchev–Trinajstić information content (AvgIpc) is 2.46. The summed E-state index contributed by atoms with van der Waals surface area (Å²) in [6, 6.07) is 5.48. The van der Waals surface area contributed by atoms with Crippen molar-refractivity contribution >= 4 is 5.96 Å².